The lowest BCUT2D eigenvalue weighted by Crippen LogP contribution is -2.12. The predicted octanol–water partition coefficient (Wildman–Crippen LogP) is 4.52. The summed E-state index contributed by atoms with van der Waals surface area (Å²) < 4.78 is 5.12. The molecule has 0 unspecified atom stereocenters. The van der Waals surface area contributed by atoms with Crippen LogP contribution in [0.5, 0.6) is 5.75 Å². The van der Waals surface area contributed by atoms with Gasteiger partial charge in [0.2, 0.25) is 0 Å². The van der Waals surface area contributed by atoms with Gasteiger partial charge in [-0.15, -0.1) is 0 Å². The van der Waals surface area contributed by atoms with E-state index in [4.69, 9.17) is 4.42 Å². The van der Waals surface area contributed by atoms with Gasteiger partial charge in [-0.1, -0.05) is 56.3 Å². The van der Waals surface area contributed by atoms with E-state index in [0.717, 1.165) is 5.56 Å². The molecule has 0 saturated carbocycles. The first-order valence-electron chi connectivity index (χ1n) is 8.04. The van der Waals surface area contributed by atoms with E-state index >= 15 is 0 Å². The van der Waals surface area contributed by atoms with Crippen molar-refractivity contribution in [2.75, 3.05) is 0 Å². The first-order chi connectivity index (χ1) is 12.0. The zero-order valence-electron chi connectivity index (χ0n) is 14.0. The zero-order chi connectivity index (χ0) is 18.0. The van der Waals surface area contributed by atoms with E-state index in [9.17, 15) is 14.7 Å². The Balaban J connectivity index is 1.93. The minimum absolute atomic E-state index is 0.245. The third-order valence-electron chi connectivity index (χ3n) is 4.06. The van der Waals surface area contributed by atoms with Crippen LogP contribution in [-0.2, 0) is 0 Å². The maximum Gasteiger partial charge on any atom is 0.351 e. The van der Waals surface area contributed by atoms with Gasteiger partial charge in [0.25, 0.3) is 0 Å². The minimum Gasteiger partial charge on any atom is -0.506 e. The van der Waals surface area contributed by atoms with Gasteiger partial charge >= 0.3 is 5.63 Å². The lowest BCUT2D eigenvalue weighted by Gasteiger charge is -2.05. The molecule has 2 aromatic carbocycles. The van der Waals surface area contributed by atoms with E-state index in [0.29, 0.717) is 11.3 Å². The van der Waals surface area contributed by atoms with Crippen LogP contribution in [0.2, 0.25) is 0 Å². The monoisotopic (exact) mass is 334 g/mol. The highest BCUT2D eigenvalue weighted by molar-refractivity contribution is 6.10. The molecule has 0 spiro atoms. The lowest BCUT2D eigenvalue weighted by molar-refractivity contribution is 0.104. The first kappa shape index (κ1) is 16.7. The summed E-state index contributed by atoms with van der Waals surface area (Å²) in [5.74, 6) is -0.513. The standard InChI is InChI=1S/C21H18O4/c1-13(2)15-10-7-14(8-11-15)9-12-17(22)19-20(23)16-5-3-4-6-18(16)25-21(19)24/h3-13,23H,1-2H3/b12-9+. The van der Waals surface area contributed by atoms with Crippen LogP contribution in [0.15, 0.2) is 63.8 Å². The van der Waals surface area contributed by atoms with E-state index in [2.05, 4.69) is 13.8 Å². The van der Waals surface area contributed by atoms with E-state index in [-0.39, 0.29) is 16.9 Å². The van der Waals surface area contributed by atoms with Crippen molar-refractivity contribution in [3.63, 3.8) is 0 Å². The highest BCUT2D eigenvalue weighted by atomic mass is 16.4. The second-order valence-corrected chi connectivity index (χ2v) is 6.13. The Morgan fingerprint density at radius 3 is 2.44 bits per heavy atom. The van der Waals surface area contributed by atoms with Gasteiger partial charge in [-0.3, -0.25) is 4.79 Å². The smallest absolute Gasteiger partial charge is 0.351 e. The van der Waals surface area contributed by atoms with Crippen LogP contribution in [0.4, 0.5) is 0 Å². The molecule has 0 bridgehead atoms. The van der Waals surface area contributed by atoms with Crippen LogP contribution in [-0.4, -0.2) is 10.9 Å². The second kappa shape index (κ2) is 6.77. The molecule has 25 heavy (non-hydrogen) atoms. The quantitative estimate of drug-likeness (QED) is 0.433. The van der Waals surface area contributed by atoms with E-state index in [1.807, 2.05) is 24.3 Å². The molecule has 1 N–H and O–H groups in total. The van der Waals surface area contributed by atoms with Crippen molar-refractivity contribution in [3.8, 4) is 5.75 Å². The van der Waals surface area contributed by atoms with Crippen molar-refractivity contribution >= 4 is 22.8 Å². The average Bonchev–Trinajstić information content (AvgIpc) is 2.60. The number of allylic oxidation sites excluding steroid dienone is 1. The normalized spacial score (nSPS) is 11.5. The first-order valence-corrected chi connectivity index (χ1v) is 8.04. The molecule has 1 aromatic heterocycles. The molecule has 0 atom stereocenters. The molecule has 4 heteroatoms. The van der Waals surface area contributed by atoms with E-state index in [1.54, 1.807) is 30.3 Å². The highest BCUT2D eigenvalue weighted by Crippen LogP contribution is 2.26. The number of hydrogen-bond acceptors (Lipinski definition) is 4. The number of rotatable bonds is 4. The van der Waals surface area contributed by atoms with Crippen molar-refractivity contribution < 1.29 is 14.3 Å². The number of para-hydroxylation sites is 1. The van der Waals surface area contributed by atoms with Gasteiger partial charge in [0.1, 0.15) is 16.9 Å². The summed E-state index contributed by atoms with van der Waals surface area (Å²) in [5.41, 5.74) is 1.09. The number of carbonyl (C=O) groups excluding carboxylic acids is 1. The lowest BCUT2D eigenvalue weighted by atomic mass is 10.0. The van der Waals surface area contributed by atoms with Crippen molar-refractivity contribution in [2.45, 2.75) is 19.8 Å². The Labute approximate surface area is 145 Å². The molecule has 0 aliphatic heterocycles. The van der Waals surface area contributed by atoms with Gasteiger partial charge in [-0.25, -0.2) is 4.79 Å². The molecule has 4 nitrogen and oxygen atoms in total. The van der Waals surface area contributed by atoms with Gasteiger partial charge in [0.15, 0.2) is 5.78 Å². The van der Waals surface area contributed by atoms with Crippen LogP contribution in [0.3, 0.4) is 0 Å². The fourth-order valence-corrected chi connectivity index (χ4v) is 2.60. The predicted molar refractivity (Wildman–Crippen MR) is 98.0 cm³/mol. The summed E-state index contributed by atoms with van der Waals surface area (Å²) in [6.45, 7) is 4.21. The number of benzene rings is 2. The van der Waals surface area contributed by atoms with Gasteiger partial charge in [-0.2, -0.15) is 0 Å². The molecule has 0 fully saturated rings. The van der Waals surface area contributed by atoms with Crippen LogP contribution in [0, 0.1) is 0 Å². The molecule has 0 aliphatic carbocycles. The maximum atomic E-state index is 12.4. The summed E-state index contributed by atoms with van der Waals surface area (Å²) in [6, 6.07) is 14.3. The summed E-state index contributed by atoms with van der Waals surface area (Å²) >= 11 is 0. The second-order valence-electron chi connectivity index (χ2n) is 6.13. The summed E-state index contributed by atoms with van der Waals surface area (Å²) in [5, 5.41) is 10.6. The number of hydrogen-bond donors (Lipinski definition) is 1. The van der Waals surface area contributed by atoms with Gasteiger partial charge < -0.3 is 9.52 Å². The number of aromatic hydroxyl groups is 1. The summed E-state index contributed by atoms with van der Waals surface area (Å²) in [6.07, 6.45) is 2.88. The van der Waals surface area contributed by atoms with Gasteiger partial charge in [0.05, 0.1) is 5.39 Å². The maximum absolute atomic E-state index is 12.4. The molecule has 0 saturated heterocycles. The average molecular weight is 334 g/mol. The molecule has 3 rings (SSSR count). The van der Waals surface area contributed by atoms with Crippen LogP contribution < -0.4 is 5.63 Å². The molecule has 0 radical (unpaired) electrons. The van der Waals surface area contributed by atoms with Crippen LogP contribution >= 0.6 is 0 Å². The Morgan fingerprint density at radius 2 is 1.76 bits per heavy atom. The van der Waals surface area contributed by atoms with Gasteiger partial charge in [-0.05, 0) is 35.3 Å². The van der Waals surface area contributed by atoms with Crippen molar-refractivity contribution in [2.24, 2.45) is 0 Å². The fraction of sp³-hybridized carbons (Fsp3) is 0.143. The summed E-state index contributed by atoms with van der Waals surface area (Å²) in [4.78, 5) is 24.4. The number of ketones is 1. The molecule has 126 valence electrons. The highest BCUT2D eigenvalue weighted by Gasteiger charge is 2.18. The number of carbonyl (C=O) groups is 1. The van der Waals surface area contributed by atoms with Gasteiger partial charge in [0, 0.05) is 0 Å². The van der Waals surface area contributed by atoms with Crippen molar-refractivity contribution in [1.82, 2.24) is 0 Å². The zero-order valence-corrected chi connectivity index (χ0v) is 14.0. The van der Waals surface area contributed by atoms with Crippen molar-refractivity contribution in [1.29, 1.82) is 0 Å². The Bertz CT molecular complexity index is 1010. The summed E-state index contributed by atoms with van der Waals surface area (Å²) in [7, 11) is 0. The molecular formula is C21H18O4. The van der Waals surface area contributed by atoms with Crippen molar-refractivity contribution in [3.05, 3.63) is 81.7 Å². The molecule has 3 aromatic rings. The number of fused-ring (bicyclic) bond motifs is 1. The fourth-order valence-electron chi connectivity index (χ4n) is 2.60. The Hall–Kier alpha value is -3.14. The SMILES string of the molecule is CC(C)c1ccc(/C=C/C(=O)c2c(O)c3ccccc3oc2=O)cc1. The van der Waals surface area contributed by atoms with Crippen LogP contribution in [0.1, 0.15) is 41.3 Å². The largest absolute Gasteiger partial charge is 0.506 e. The Kier molecular flexibility index (Phi) is 4.52. The third-order valence-corrected chi connectivity index (χ3v) is 4.06. The van der Waals surface area contributed by atoms with E-state index < -0.39 is 11.4 Å². The minimum atomic E-state index is -0.846. The van der Waals surface area contributed by atoms with Crippen LogP contribution in [0.25, 0.3) is 17.0 Å². The molecule has 0 amide bonds. The molecule has 1 heterocycles. The third kappa shape index (κ3) is 3.38. The topological polar surface area (TPSA) is 67.5 Å². The Morgan fingerprint density at radius 1 is 1.08 bits per heavy atom. The molecule has 0 aliphatic rings. The van der Waals surface area contributed by atoms with E-state index in [1.165, 1.54) is 11.6 Å². The molecular weight excluding hydrogens is 316 g/mol.